The van der Waals surface area contributed by atoms with E-state index in [0.717, 1.165) is 11.5 Å². The molecule has 2 heterocycles. The first-order chi connectivity index (χ1) is 8.69. The molecule has 2 aromatic rings. The van der Waals surface area contributed by atoms with E-state index in [4.69, 9.17) is 4.74 Å². The van der Waals surface area contributed by atoms with Crippen molar-refractivity contribution in [2.45, 2.75) is 19.5 Å². The largest absolute Gasteiger partial charge is 0.480 e. The smallest absolute Gasteiger partial charge is 0.233 e. The van der Waals surface area contributed by atoms with E-state index < -0.39 is 0 Å². The summed E-state index contributed by atoms with van der Waals surface area (Å²) in [5.41, 5.74) is 0.846. The molecule has 2 aromatic heterocycles. The number of nitrogens with one attached hydrogen (secondary N) is 1. The molecule has 0 radical (unpaired) electrons. The van der Waals surface area contributed by atoms with Gasteiger partial charge in [0.15, 0.2) is 5.82 Å². The zero-order chi connectivity index (χ0) is 13.0. The van der Waals surface area contributed by atoms with Crippen molar-refractivity contribution in [3.05, 3.63) is 30.0 Å². The van der Waals surface area contributed by atoms with E-state index in [-0.39, 0.29) is 6.04 Å². The number of hydrogen-bond acceptors (Lipinski definition) is 6. The number of ether oxygens (including phenoxy) is 1. The lowest BCUT2D eigenvalue weighted by Gasteiger charge is -2.09. The van der Waals surface area contributed by atoms with Gasteiger partial charge in [-0.15, -0.1) is 5.10 Å². The summed E-state index contributed by atoms with van der Waals surface area (Å²) in [7, 11) is 3.41. The number of methoxy groups -OCH3 is 1. The molecule has 0 spiro atoms. The Morgan fingerprint density at radius 2 is 2.22 bits per heavy atom. The van der Waals surface area contributed by atoms with Crippen LogP contribution in [0.1, 0.15) is 24.5 Å². The fourth-order valence-electron chi connectivity index (χ4n) is 1.45. The maximum atomic E-state index is 4.95. The number of nitrogens with zero attached hydrogens (tertiary/aromatic N) is 5. The van der Waals surface area contributed by atoms with E-state index >= 15 is 0 Å². The zero-order valence-corrected chi connectivity index (χ0v) is 10.7. The van der Waals surface area contributed by atoms with Crippen LogP contribution in [0.5, 0.6) is 5.88 Å². The number of aryl methyl sites for hydroxylation is 1. The van der Waals surface area contributed by atoms with Gasteiger partial charge >= 0.3 is 0 Å². The molecule has 1 atom stereocenters. The van der Waals surface area contributed by atoms with Crippen LogP contribution in [0.3, 0.4) is 0 Å². The van der Waals surface area contributed by atoms with Crippen molar-refractivity contribution in [1.29, 1.82) is 0 Å². The molecular weight excluding hydrogens is 232 g/mol. The Bertz CT molecular complexity index is 494. The molecule has 96 valence electrons. The molecule has 18 heavy (non-hydrogen) atoms. The average molecular weight is 248 g/mol. The molecule has 0 amide bonds. The van der Waals surface area contributed by atoms with Crippen molar-refractivity contribution in [3.63, 3.8) is 0 Å². The molecule has 7 heteroatoms. The summed E-state index contributed by atoms with van der Waals surface area (Å²) < 4.78 is 6.63. The maximum absolute atomic E-state index is 4.95. The van der Waals surface area contributed by atoms with Crippen LogP contribution in [-0.2, 0) is 13.6 Å². The molecule has 0 saturated heterocycles. The van der Waals surface area contributed by atoms with Crippen LogP contribution >= 0.6 is 0 Å². The summed E-state index contributed by atoms with van der Waals surface area (Å²) in [6.45, 7) is 2.61. The molecule has 0 saturated carbocycles. The molecule has 1 unspecified atom stereocenters. The Balaban J connectivity index is 1.90. The van der Waals surface area contributed by atoms with Crippen molar-refractivity contribution >= 4 is 0 Å². The maximum Gasteiger partial charge on any atom is 0.233 e. The van der Waals surface area contributed by atoms with Gasteiger partial charge in [0.2, 0.25) is 5.88 Å². The zero-order valence-electron chi connectivity index (χ0n) is 10.7. The van der Waals surface area contributed by atoms with E-state index in [2.05, 4.69) is 25.6 Å². The van der Waals surface area contributed by atoms with Gasteiger partial charge in [-0.25, -0.2) is 4.98 Å². The second-order valence-electron chi connectivity index (χ2n) is 3.95. The van der Waals surface area contributed by atoms with Crippen molar-refractivity contribution in [2.24, 2.45) is 7.05 Å². The average Bonchev–Trinajstić information content (AvgIpc) is 2.83. The van der Waals surface area contributed by atoms with E-state index in [1.165, 1.54) is 0 Å². The van der Waals surface area contributed by atoms with Crippen LogP contribution in [0.15, 0.2) is 18.5 Å². The van der Waals surface area contributed by atoms with Gasteiger partial charge < -0.3 is 10.1 Å². The van der Waals surface area contributed by atoms with E-state index in [1.807, 2.05) is 20.0 Å². The summed E-state index contributed by atoms with van der Waals surface area (Å²) in [5, 5.41) is 15.5. The van der Waals surface area contributed by atoms with E-state index in [0.29, 0.717) is 12.4 Å². The van der Waals surface area contributed by atoms with Crippen LogP contribution in [0.4, 0.5) is 0 Å². The summed E-state index contributed by atoms with van der Waals surface area (Å²) in [6.07, 6.45) is 1.68. The summed E-state index contributed by atoms with van der Waals surface area (Å²) in [4.78, 5) is 4.19. The topological polar surface area (TPSA) is 77.8 Å². The third-order valence-electron chi connectivity index (χ3n) is 2.50. The van der Waals surface area contributed by atoms with Crippen LogP contribution in [0, 0.1) is 0 Å². The molecular formula is C11H16N6O. The number of hydrogen-bond donors (Lipinski definition) is 1. The van der Waals surface area contributed by atoms with Crippen LogP contribution in [-0.4, -0.2) is 32.1 Å². The molecule has 0 aliphatic carbocycles. The minimum atomic E-state index is 0.0649. The summed E-state index contributed by atoms with van der Waals surface area (Å²) >= 11 is 0. The van der Waals surface area contributed by atoms with Crippen LogP contribution in [0.2, 0.25) is 0 Å². The van der Waals surface area contributed by atoms with E-state index in [1.54, 1.807) is 24.2 Å². The first-order valence-electron chi connectivity index (χ1n) is 5.64. The highest BCUT2D eigenvalue weighted by molar-refractivity contribution is 5.11. The second-order valence-corrected chi connectivity index (χ2v) is 3.95. The molecule has 1 N–H and O–H groups in total. The quantitative estimate of drug-likeness (QED) is 0.828. The van der Waals surface area contributed by atoms with Crippen molar-refractivity contribution in [2.75, 3.05) is 7.11 Å². The van der Waals surface area contributed by atoms with Gasteiger partial charge in [-0.05, 0) is 13.0 Å². The first-order valence-corrected chi connectivity index (χ1v) is 5.64. The predicted octanol–water partition coefficient (Wildman–Crippen LogP) is 0.464. The van der Waals surface area contributed by atoms with Gasteiger partial charge in [0.1, 0.15) is 6.33 Å². The van der Waals surface area contributed by atoms with E-state index in [9.17, 15) is 0 Å². The van der Waals surface area contributed by atoms with Gasteiger partial charge in [-0.1, -0.05) is 0 Å². The lowest BCUT2D eigenvalue weighted by molar-refractivity contribution is 0.390. The van der Waals surface area contributed by atoms with Gasteiger partial charge in [0, 0.05) is 19.7 Å². The Labute approximate surface area is 105 Å². The first kappa shape index (κ1) is 12.4. The standard InChI is InChI=1S/C11H16N6O/c1-8(11-13-7-17(2)16-11)12-6-9-4-5-10(18-3)15-14-9/h4-5,7-8,12H,6H2,1-3H3. The number of aromatic nitrogens is 5. The highest BCUT2D eigenvalue weighted by Gasteiger charge is 2.09. The molecule has 2 rings (SSSR count). The lowest BCUT2D eigenvalue weighted by Crippen LogP contribution is -2.20. The van der Waals surface area contributed by atoms with Crippen molar-refractivity contribution in [3.8, 4) is 5.88 Å². The SMILES string of the molecule is COc1ccc(CNC(C)c2ncn(C)n2)nn1. The number of rotatable bonds is 5. The minimum Gasteiger partial charge on any atom is -0.480 e. The minimum absolute atomic E-state index is 0.0649. The predicted molar refractivity (Wildman–Crippen MR) is 64.8 cm³/mol. The highest BCUT2D eigenvalue weighted by Crippen LogP contribution is 2.07. The molecule has 0 aliphatic rings. The molecule has 0 bridgehead atoms. The van der Waals surface area contributed by atoms with Gasteiger partial charge in [-0.2, -0.15) is 10.2 Å². The van der Waals surface area contributed by atoms with Gasteiger partial charge in [0.25, 0.3) is 0 Å². The molecule has 0 aromatic carbocycles. The van der Waals surface area contributed by atoms with Crippen LogP contribution in [0.25, 0.3) is 0 Å². The van der Waals surface area contributed by atoms with Crippen LogP contribution < -0.4 is 10.1 Å². The normalized spacial score (nSPS) is 12.4. The fourth-order valence-corrected chi connectivity index (χ4v) is 1.45. The second kappa shape index (κ2) is 5.54. The van der Waals surface area contributed by atoms with Gasteiger partial charge in [0.05, 0.1) is 18.8 Å². The Kier molecular flexibility index (Phi) is 3.83. The summed E-state index contributed by atoms with van der Waals surface area (Å²) in [5.74, 6) is 1.28. The Hall–Kier alpha value is -2.02. The highest BCUT2D eigenvalue weighted by atomic mass is 16.5. The monoisotopic (exact) mass is 248 g/mol. The molecule has 7 nitrogen and oxygen atoms in total. The fraction of sp³-hybridized carbons (Fsp3) is 0.455. The molecule has 0 fully saturated rings. The summed E-state index contributed by atoms with van der Waals surface area (Å²) in [6, 6.07) is 3.72. The Morgan fingerprint density at radius 3 is 2.78 bits per heavy atom. The Morgan fingerprint density at radius 1 is 1.39 bits per heavy atom. The third-order valence-corrected chi connectivity index (χ3v) is 2.50. The van der Waals surface area contributed by atoms with Crippen molar-refractivity contribution < 1.29 is 4.74 Å². The van der Waals surface area contributed by atoms with Crippen molar-refractivity contribution in [1.82, 2.24) is 30.3 Å². The third kappa shape index (κ3) is 3.01. The van der Waals surface area contributed by atoms with Gasteiger partial charge in [-0.3, -0.25) is 4.68 Å². The molecule has 0 aliphatic heterocycles. The lowest BCUT2D eigenvalue weighted by atomic mass is 10.3.